The zero-order chi connectivity index (χ0) is 10.4. The van der Waals surface area contributed by atoms with E-state index < -0.39 is 0 Å². The third-order valence-electron chi connectivity index (χ3n) is 4.56. The number of likely N-dealkylation sites (tertiary alicyclic amines) is 1. The van der Waals surface area contributed by atoms with Crippen molar-refractivity contribution in [2.24, 2.45) is 16.7 Å². The molecule has 0 unspecified atom stereocenters. The highest BCUT2D eigenvalue weighted by molar-refractivity contribution is 4.97. The first-order valence-electron chi connectivity index (χ1n) is 6.10. The zero-order valence-electron chi connectivity index (χ0n) is 10.3. The summed E-state index contributed by atoms with van der Waals surface area (Å²) in [4.78, 5) is 2.52. The average Bonchev–Trinajstić information content (AvgIpc) is 2.59. The number of hydrogen-bond donors (Lipinski definition) is 0. The summed E-state index contributed by atoms with van der Waals surface area (Å²) in [7, 11) is 2.28. The third-order valence-corrected chi connectivity index (χ3v) is 4.56. The maximum absolute atomic E-state index is 2.52. The molecule has 0 N–H and O–H groups in total. The smallest absolute Gasteiger partial charge is 0.00355 e. The Bertz CT molecular complexity index is 216. The van der Waals surface area contributed by atoms with E-state index in [0.717, 1.165) is 5.92 Å². The van der Waals surface area contributed by atoms with Crippen LogP contribution in [0.2, 0.25) is 0 Å². The largest absolute Gasteiger partial charge is 0.306 e. The van der Waals surface area contributed by atoms with Gasteiger partial charge in [0.25, 0.3) is 0 Å². The molecule has 1 saturated carbocycles. The van der Waals surface area contributed by atoms with Crippen molar-refractivity contribution < 1.29 is 0 Å². The molecule has 0 aromatic carbocycles. The van der Waals surface area contributed by atoms with E-state index in [1.54, 1.807) is 0 Å². The molecule has 2 atom stereocenters. The molecule has 1 heterocycles. The fourth-order valence-electron chi connectivity index (χ4n) is 3.48. The van der Waals surface area contributed by atoms with Gasteiger partial charge in [0.1, 0.15) is 0 Å². The van der Waals surface area contributed by atoms with Crippen LogP contribution < -0.4 is 0 Å². The van der Waals surface area contributed by atoms with Crippen LogP contribution in [0.15, 0.2) is 0 Å². The lowest BCUT2D eigenvalue weighted by atomic mass is 9.76. The van der Waals surface area contributed by atoms with E-state index in [1.165, 1.54) is 38.8 Å². The highest BCUT2D eigenvalue weighted by Gasteiger charge is 2.45. The molecule has 14 heavy (non-hydrogen) atoms. The van der Waals surface area contributed by atoms with Crippen LogP contribution in [0.25, 0.3) is 0 Å². The van der Waals surface area contributed by atoms with E-state index in [-0.39, 0.29) is 0 Å². The first-order chi connectivity index (χ1) is 6.41. The van der Waals surface area contributed by atoms with Crippen molar-refractivity contribution in [3.05, 3.63) is 0 Å². The van der Waals surface area contributed by atoms with Gasteiger partial charge in [-0.1, -0.05) is 20.8 Å². The Labute approximate surface area is 88.9 Å². The second-order valence-electron chi connectivity index (χ2n) is 6.79. The van der Waals surface area contributed by atoms with Gasteiger partial charge in [0.05, 0.1) is 0 Å². The van der Waals surface area contributed by atoms with E-state index in [2.05, 4.69) is 32.7 Å². The maximum atomic E-state index is 2.52. The van der Waals surface area contributed by atoms with Crippen LogP contribution >= 0.6 is 0 Å². The predicted octanol–water partition coefficient (Wildman–Crippen LogP) is 3.15. The molecule has 0 radical (unpaired) electrons. The molecule has 1 nitrogen and oxygen atoms in total. The maximum Gasteiger partial charge on any atom is 0.00355 e. The van der Waals surface area contributed by atoms with Crippen molar-refractivity contribution in [3.63, 3.8) is 0 Å². The summed E-state index contributed by atoms with van der Waals surface area (Å²) in [5, 5.41) is 0. The van der Waals surface area contributed by atoms with Gasteiger partial charge in [-0.25, -0.2) is 0 Å². The van der Waals surface area contributed by atoms with Crippen molar-refractivity contribution in [1.29, 1.82) is 0 Å². The summed E-state index contributed by atoms with van der Waals surface area (Å²) in [6.07, 6.45) is 5.90. The molecule has 2 aliphatic rings. The molecular formula is C13H25N. The number of rotatable bonds is 0. The fraction of sp³-hybridized carbons (Fsp3) is 1.00. The first kappa shape index (κ1) is 10.5. The van der Waals surface area contributed by atoms with E-state index in [9.17, 15) is 0 Å². The van der Waals surface area contributed by atoms with Crippen LogP contribution in [0.5, 0.6) is 0 Å². The summed E-state index contributed by atoms with van der Waals surface area (Å²) in [5.41, 5.74) is 1.25. The van der Waals surface area contributed by atoms with Gasteiger partial charge in [-0.15, -0.1) is 0 Å². The Balaban J connectivity index is 2.01. The highest BCUT2D eigenvalue weighted by Crippen LogP contribution is 2.52. The van der Waals surface area contributed by atoms with Gasteiger partial charge in [-0.2, -0.15) is 0 Å². The zero-order valence-corrected chi connectivity index (χ0v) is 10.3. The summed E-state index contributed by atoms with van der Waals surface area (Å²) in [6.45, 7) is 9.93. The molecule has 0 bridgehead atoms. The molecule has 1 aliphatic carbocycles. The Morgan fingerprint density at radius 3 is 2.36 bits per heavy atom. The Kier molecular flexibility index (Phi) is 2.42. The summed E-state index contributed by atoms with van der Waals surface area (Å²) >= 11 is 0. The molecular weight excluding hydrogens is 170 g/mol. The predicted molar refractivity (Wildman–Crippen MR) is 61.3 cm³/mol. The highest BCUT2D eigenvalue weighted by atomic mass is 15.1. The second kappa shape index (κ2) is 3.23. The van der Waals surface area contributed by atoms with Crippen LogP contribution in [0, 0.1) is 16.7 Å². The topological polar surface area (TPSA) is 3.24 Å². The minimum Gasteiger partial charge on any atom is -0.306 e. The minimum absolute atomic E-state index is 0.532. The van der Waals surface area contributed by atoms with Crippen molar-refractivity contribution in [1.82, 2.24) is 4.90 Å². The van der Waals surface area contributed by atoms with E-state index in [0.29, 0.717) is 10.8 Å². The van der Waals surface area contributed by atoms with E-state index in [4.69, 9.17) is 0 Å². The molecule has 0 aromatic heterocycles. The third kappa shape index (κ3) is 1.84. The van der Waals surface area contributed by atoms with Crippen molar-refractivity contribution >= 4 is 0 Å². The van der Waals surface area contributed by atoms with Gasteiger partial charge in [-0.3, -0.25) is 0 Å². The molecule has 1 spiro atoms. The van der Waals surface area contributed by atoms with Crippen molar-refractivity contribution in [2.75, 3.05) is 20.1 Å². The Hall–Kier alpha value is -0.0400. The van der Waals surface area contributed by atoms with Gasteiger partial charge >= 0.3 is 0 Å². The number of hydrogen-bond acceptors (Lipinski definition) is 1. The van der Waals surface area contributed by atoms with Gasteiger partial charge < -0.3 is 4.90 Å². The molecule has 2 fully saturated rings. The molecule has 0 aromatic rings. The van der Waals surface area contributed by atoms with Gasteiger partial charge in [0, 0.05) is 6.54 Å². The molecule has 82 valence electrons. The monoisotopic (exact) mass is 195 g/mol. The SMILES string of the molecule is CN1CC[C@]2(CC[C@H](C(C)(C)C)C2)C1. The quantitative estimate of drug-likeness (QED) is 0.574. The van der Waals surface area contributed by atoms with Crippen LogP contribution in [-0.4, -0.2) is 25.0 Å². The van der Waals surface area contributed by atoms with Crippen molar-refractivity contribution in [3.8, 4) is 0 Å². The van der Waals surface area contributed by atoms with Crippen LogP contribution in [0.4, 0.5) is 0 Å². The molecule has 2 rings (SSSR count). The standard InChI is InChI=1S/C13H25N/c1-12(2,3)11-5-6-13(9-11)7-8-14(4)10-13/h11H,5-10H2,1-4H3/t11-,13-/m0/s1. The van der Waals surface area contributed by atoms with Crippen LogP contribution in [0.1, 0.15) is 46.5 Å². The molecule has 1 aliphatic heterocycles. The van der Waals surface area contributed by atoms with Gasteiger partial charge in [-0.05, 0) is 56.0 Å². The summed E-state index contributed by atoms with van der Waals surface area (Å²) < 4.78 is 0. The Morgan fingerprint density at radius 1 is 1.21 bits per heavy atom. The first-order valence-corrected chi connectivity index (χ1v) is 6.10. The Morgan fingerprint density at radius 2 is 1.93 bits per heavy atom. The second-order valence-corrected chi connectivity index (χ2v) is 6.79. The number of nitrogens with zero attached hydrogens (tertiary/aromatic N) is 1. The van der Waals surface area contributed by atoms with Crippen LogP contribution in [0.3, 0.4) is 0 Å². The van der Waals surface area contributed by atoms with Crippen molar-refractivity contribution in [2.45, 2.75) is 46.5 Å². The average molecular weight is 195 g/mol. The molecule has 0 amide bonds. The molecule has 1 heteroatoms. The van der Waals surface area contributed by atoms with Crippen LogP contribution in [-0.2, 0) is 0 Å². The summed E-state index contributed by atoms with van der Waals surface area (Å²) in [6, 6.07) is 0. The van der Waals surface area contributed by atoms with Gasteiger partial charge in [0.15, 0.2) is 0 Å². The lowest BCUT2D eigenvalue weighted by Gasteiger charge is -2.29. The normalized spacial score (nSPS) is 39.9. The molecule has 1 saturated heterocycles. The summed E-state index contributed by atoms with van der Waals surface area (Å²) in [5.74, 6) is 0.967. The van der Waals surface area contributed by atoms with Gasteiger partial charge in [0.2, 0.25) is 0 Å². The minimum atomic E-state index is 0.532. The fourth-order valence-corrected chi connectivity index (χ4v) is 3.48. The lowest BCUT2D eigenvalue weighted by molar-refractivity contribution is 0.208. The van der Waals surface area contributed by atoms with E-state index >= 15 is 0 Å². The lowest BCUT2D eigenvalue weighted by Crippen LogP contribution is -2.24. The van der Waals surface area contributed by atoms with E-state index in [1.807, 2.05) is 0 Å².